The molecule has 3 aromatic heterocycles. The molecule has 0 saturated heterocycles. The van der Waals surface area contributed by atoms with E-state index in [0.29, 0.717) is 21.3 Å². The summed E-state index contributed by atoms with van der Waals surface area (Å²) in [6.07, 6.45) is 3.16. The molecule has 0 fully saturated rings. The minimum Gasteiger partial charge on any atom is -0.494 e. The Morgan fingerprint density at radius 1 is 1.26 bits per heavy atom. The number of fused-ring (bicyclic) bond motifs is 2. The van der Waals surface area contributed by atoms with E-state index in [4.69, 9.17) is 4.74 Å². The maximum absolute atomic E-state index is 15.1. The van der Waals surface area contributed by atoms with Gasteiger partial charge < -0.3 is 20.1 Å². The van der Waals surface area contributed by atoms with Crippen LogP contribution in [0.5, 0.6) is 5.75 Å². The Morgan fingerprint density at radius 3 is 2.83 bits per heavy atom. The van der Waals surface area contributed by atoms with Gasteiger partial charge in [0.25, 0.3) is 5.56 Å². The number of carboxylic acid groups (broad SMARTS) is 1. The molecule has 0 spiro atoms. The summed E-state index contributed by atoms with van der Waals surface area (Å²) in [5.74, 6) is -2.08. The van der Waals surface area contributed by atoms with Crippen molar-refractivity contribution in [2.24, 2.45) is 0 Å². The highest BCUT2D eigenvalue weighted by molar-refractivity contribution is 7.13. The fraction of sp³-hybridized carbons (Fsp3) is 0.0870. The number of thiophene rings is 1. The number of carboxylic acids is 1. The predicted molar refractivity (Wildman–Crippen MR) is 128 cm³/mol. The lowest BCUT2D eigenvalue weighted by Gasteiger charge is -2.15. The average Bonchev–Trinajstić information content (AvgIpc) is 3.28. The number of nitrogens with one attached hydrogen (secondary N) is 2. The molecule has 0 aliphatic heterocycles. The number of nitrogens with zero attached hydrogens (tertiary/aromatic N) is 3. The quantitative estimate of drug-likeness (QED) is 0.328. The summed E-state index contributed by atoms with van der Waals surface area (Å²) in [4.78, 5) is 48.2. The van der Waals surface area contributed by atoms with Gasteiger partial charge in [-0.2, -0.15) is 0 Å². The van der Waals surface area contributed by atoms with Crippen molar-refractivity contribution in [2.75, 3.05) is 12.4 Å². The Morgan fingerprint density at radius 2 is 2.06 bits per heavy atom. The highest BCUT2D eigenvalue weighted by atomic mass is 32.1. The van der Waals surface area contributed by atoms with E-state index in [9.17, 15) is 19.5 Å². The molecule has 10 nitrogen and oxygen atoms in total. The number of aromatic carboxylic acids is 1. The first-order valence-corrected chi connectivity index (χ1v) is 11.1. The molecule has 12 heteroatoms. The second kappa shape index (κ2) is 8.65. The van der Waals surface area contributed by atoms with Crippen LogP contribution >= 0.6 is 11.3 Å². The third kappa shape index (κ3) is 3.79. The number of carbonyl (C=O) groups is 1. The highest BCUT2D eigenvalue weighted by Gasteiger charge is 2.21. The van der Waals surface area contributed by atoms with Crippen molar-refractivity contribution in [1.29, 1.82) is 0 Å². The Balaban J connectivity index is 1.62. The topological polar surface area (TPSA) is 139 Å². The van der Waals surface area contributed by atoms with Crippen LogP contribution in [0.2, 0.25) is 0 Å². The summed E-state index contributed by atoms with van der Waals surface area (Å²) in [5.41, 5.74) is 0.364. The molecule has 0 aliphatic carbocycles. The molecular formula is C23H16FN5O5S. The Labute approximate surface area is 199 Å². The van der Waals surface area contributed by atoms with Crippen LogP contribution in [0.15, 0.2) is 57.7 Å². The van der Waals surface area contributed by atoms with Crippen molar-refractivity contribution in [3.05, 3.63) is 85.2 Å². The normalized spacial score (nSPS) is 11.1. The van der Waals surface area contributed by atoms with Gasteiger partial charge in [0.15, 0.2) is 5.82 Å². The fourth-order valence-electron chi connectivity index (χ4n) is 3.82. The number of halogens is 1. The molecule has 0 atom stereocenters. The maximum Gasteiger partial charge on any atom is 0.346 e. The van der Waals surface area contributed by atoms with Gasteiger partial charge in [-0.25, -0.2) is 18.5 Å². The van der Waals surface area contributed by atoms with Crippen molar-refractivity contribution in [3.8, 4) is 11.4 Å². The number of hydrogen-bond donors (Lipinski definition) is 3. The Kier molecular flexibility index (Phi) is 5.49. The van der Waals surface area contributed by atoms with Crippen LogP contribution in [0, 0.1) is 5.82 Å². The van der Waals surface area contributed by atoms with E-state index in [2.05, 4.69) is 20.3 Å². The number of anilines is 1. The largest absolute Gasteiger partial charge is 0.494 e. The number of rotatable bonds is 6. The Bertz CT molecular complexity index is 1740. The molecule has 0 unspecified atom stereocenters. The molecule has 0 radical (unpaired) electrons. The SMILES string of the molecule is COc1cc(F)c(-n2c(=O)[nH]c3csc(C(=O)O)c3c2=O)cc1NCc1cccc2nccnc12. The molecule has 2 aromatic carbocycles. The van der Waals surface area contributed by atoms with Gasteiger partial charge >= 0.3 is 11.7 Å². The van der Waals surface area contributed by atoms with E-state index < -0.39 is 23.0 Å². The summed E-state index contributed by atoms with van der Waals surface area (Å²) in [6.45, 7) is 0.259. The average molecular weight is 493 g/mol. The van der Waals surface area contributed by atoms with Crippen LogP contribution in [0.3, 0.4) is 0 Å². The lowest BCUT2D eigenvalue weighted by molar-refractivity contribution is 0.0704. The van der Waals surface area contributed by atoms with E-state index in [1.165, 1.54) is 18.6 Å². The van der Waals surface area contributed by atoms with Crippen LogP contribution < -0.4 is 21.3 Å². The zero-order chi connectivity index (χ0) is 24.7. The zero-order valence-electron chi connectivity index (χ0n) is 18.0. The van der Waals surface area contributed by atoms with Crippen LogP contribution in [0.4, 0.5) is 10.1 Å². The van der Waals surface area contributed by atoms with Gasteiger partial charge in [0.1, 0.15) is 10.6 Å². The molecule has 0 amide bonds. The van der Waals surface area contributed by atoms with Gasteiger partial charge in [-0.15, -0.1) is 11.3 Å². The third-order valence-corrected chi connectivity index (χ3v) is 6.38. The van der Waals surface area contributed by atoms with E-state index in [1.54, 1.807) is 12.4 Å². The Hall–Kier alpha value is -4.58. The first-order valence-electron chi connectivity index (χ1n) is 10.2. The number of para-hydroxylation sites is 1. The van der Waals surface area contributed by atoms with Crippen molar-refractivity contribution in [2.45, 2.75) is 6.54 Å². The number of ether oxygens (including phenoxy) is 1. The van der Waals surface area contributed by atoms with Crippen molar-refractivity contribution < 1.29 is 19.0 Å². The van der Waals surface area contributed by atoms with Crippen molar-refractivity contribution >= 4 is 44.9 Å². The van der Waals surface area contributed by atoms with Gasteiger partial charge in [-0.3, -0.25) is 14.8 Å². The molecule has 0 aliphatic rings. The van der Waals surface area contributed by atoms with Gasteiger partial charge in [-0.1, -0.05) is 12.1 Å². The fourth-order valence-corrected chi connectivity index (χ4v) is 4.65. The summed E-state index contributed by atoms with van der Waals surface area (Å²) in [5, 5.41) is 13.7. The summed E-state index contributed by atoms with van der Waals surface area (Å²) >= 11 is 0.798. The van der Waals surface area contributed by atoms with E-state index in [1.807, 2.05) is 18.2 Å². The summed E-state index contributed by atoms with van der Waals surface area (Å²) in [6, 6.07) is 7.82. The number of aromatic nitrogens is 4. The molecule has 0 bridgehead atoms. The molecular weight excluding hydrogens is 477 g/mol. The smallest absolute Gasteiger partial charge is 0.346 e. The monoisotopic (exact) mass is 493 g/mol. The second-order valence-corrected chi connectivity index (χ2v) is 8.31. The second-order valence-electron chi connectivity index (χ2n) is 7.43. The van der Waals surface area contributed by atoms with E-state index in [0.717, 1.165) is 23.0 Å². The van der Waals surface area contributed by atoms with Crippen LogP contribution in [0.1, 0.15) is 15.2 Å². The minimum atomic E-state index is -1.32. The van der Waals surface area contributed by atoms with Crippen LogP contribution in [-0.2, 0) is 6.54 Å². The molecule has 5 rings (SSSR count). The van der Waals surface area contributed by atoms with Crippen molar-refractivity contribution in [1.82, 2.24) is 19.5 Å². The van der Waals surface area contributed by atoms with Crippen molar-refractivity contribution in [3.63, 3.8) is 0 Å². The molecule has 35 heavy (non-hydrogen) atoms. The van der Waals surface area contributed by atoms with E-state index in [-0.39, 0.29) is 33.8 Å². The number of methoxy groups -OCH3 is 1. The minimum absolute atomic E-state index is 0.0722. The molecule has 3 N–H and O–H groups in total. The lowest BCUT2D eigenvalue weighted by Crippen LogP contribution is -2.34. The summed E-state index contributed by atoms with van der Waals surface area (Å²) in [7, 11) is 1.36. The first-order chi connectivity index (χ1) is 16.9. The number of benzene rings is 2. The van der Waals surface area contributed by atoms with Crippen LogP contribution in [0.25, 0.3) is 27.6 Å². The van der Waals surface area contributed by atoms with Gasteiger partial charge in [0, 0.05) is 30.4 Å². The number of aromatic amines is 1. The molecule has 176 valence electrons. The van der Waals surface area contributed by atoms with Gasteiger partial charge in [0.2, 0.25) is 0 Å². The van der Waals surface area contributed by atoms with Gasteiger partial charge in [-0.05, 0) is 17.7 Å². The van der Waals surface area contributed by atoms with Crippen LogP contribution in [-0.4, -0.2) is 37.7 Å². The zero-order valence-corrected chi connectivity index (χ0v) is 18.9. The number of H-pyrrole nitrogens is 1. The third-order valence-electron chi connectivity index (χ3n) is 5.41. The highest BCUT2D eigenvalue weighted by Crippen LogP contribution is 2.30. The standard InChI is InChI=1S/C23H16FN5O5S/c1-34-17-7-12(24)16(29-21(30)18-15(28-23(29)33)10-35-20(18)22(31)32)8-14(17)27-9-11-3-2-4-13-19(11)26-6-5-25-13/h2-8,10,27H,9H2,1H3,(H,28,33)(H,31,32). The first kappa shape index (κ1) is 22.2. The van der Waals surface area contributed by atoms with E-state index >= 15 is 4.39 Å². The predicted octanol–water partition coefficient (Wildman–Crippen LogP) is 3.14. The summed E-state index contributed by atoms with van der Waals surface area (Å²) < 4.78 is 20.9. The molecule has 5 aromatic rings. The maximum atomic E-state index is 15.1. The molecule has 0 saturated carbocycles. The lowest BCUT2D eigenvalue weighted by atomic mass is 10.1. The number of hydrogen-bond acceptors (Lipinski definition) is 8. The van der Waals surface area contributed by atoms with Gasteiger partial charge in [0.05, 0.1) is 40.4 Å². The molecule has 3 heterocycles.